The van der Waals surface area contributed by atoms with Crippen LogP contribution in [0.3, 0.4) is 0 Å². The number of nitrogens with zero attached hydrogens (tertiary/aromatic N) is 3. The summed E-state index contributed by atoms with van der Waals surface area (Å²) in [6.07, 6.45) is 3.13. The molecule has 7 heteroatoms. The Morgan fingerprint density at radius 3 is 2.52 bits per heavy atom. The molecule has 0 fully saturated rings. The molecule has 108 valence electrons. The van der Waals surface area contributed by atoms with E-state index in [1.54, 1.807) is 19.1 Å². The molecular weight excluding hydrogens is 274 g/mol. The summed E-state index contributed by atoms with van der Waals surface area (Å²) in [5.74, 6) is 0.0606. The van der Waals surface area contributed by atoms with Gasteiger partial charge in [-0.3, -0.25) is 14.9 Å². The Labute approximate surface area is 120 Å². The van der Waals surface area contributed by atoms with Gasteiger partial charge in [0.15, 0.2) is 5.78 Å². The molecule has 1 aromatic heterocycles. The number of hydrogen-bond acceptors (Lipinski definition) is 6. The van der Waals surface area contributed by atoms with Crippen molar-refractivity contribution in [2.45, 2.75) is 13.3 Å². The minimum atomic E-state index is -0.579. The summed E-state index contributed by atoms with van der Waals surface area (Å²) in [5.41, 5.74) is 1.74. The molecule has 0 saturated carbocycles. The van der Waals surface area contributed by atoms with E-state index in [0.29, 0.717) is 17.8 Å². The fraction of sp³-hybridized carbons (Fsp3) is 0.214. The Balaban J connectivity index is 2.17. The molecule has 1 heterocycles. The van der Waals surface area contributed by atoms with Crippen molar-refractivity contribution in [3.63, 3.8) is 0 Å². The van der Waals surface area contributed by atoms with E-state index < -0.39 is 17.3 Å². The average Bonchev–Trinajstić information content (AvgIpc) is 2.47. The van der Waals surface area contributed by atoms with E-state index in [9.17, 15) is 14.9 Å². The number of aliphatic hydroxyl groups is 1. The summed E-state index contributed by atoms with van der Waals surface area (Å²) < 4.78 is 0. The Kier molecular flexibility index (Phi) is 4.34. The molecule has 1 N–H and O–H groups in total. The normalized spacial score (nSPS) is 10.4. The minimum Gasteiger partial charge on any atom is -0.388 e. The molecule has 0 saturated heterocycles. The van der Waals surface area contributed by atoms with Crippen LogP contribution in [0.25, 0.3) is 0 Å². The monoisotopic (exact) mass is 287 g/mol. The topological polar surface area (TPSA) is 106 Å². The van der Waals surface area contributed by atoms with Gasteiger partial charge >= 0.3 is 0 Å². The number of Topliss-reactive ketones (excluding diaryl/α,β-unsaturated/α-hetero) is 1. The lowest BCUT2D eigenvalue weighted by Gasteiger charge is -2.03. The maximum absolute atomic E-state index is 11.2. The van der Waals surface area contributed by atoms with Gasteiger partial charge < -0.3 is 5.11 Å². The molecule has 0 spiro atoms. The van der Waals surface area contributed by atoms with E-state index in [1.807, 2.05) is 0 Å². The molecule has 2 aromatic rings. The molecule has 0 aliphatic rings. The van der Waals surface area contributed by atoms with Crippen LogP contribution in [0.15, 0.2) is 30.6 Å². The zero-order valence-corrected chi connectivity index (χ0v) is 11.3. The first-order chi connectivity index (χ1) is 10.0. The van der Waals surface area contributed by atoms with Crippen LogP contribution in [0.1, 0.15) is 27.3 Å². The van der Waals surface area contributed by atoms with Crippen molar-refractivity contribution in [1.29, 1.82) is 0 Å². The number of carbonyl (C=O) groups is 1. The number of ketones is 1. The Morgan fingerprint density at radius 1 is 1.33 bits per heavy atom. The van der Waals surface area contributed by atoms with Crippen LogP contribution < -0.4 is 0 Å². The highest BCUT2D eigenvalue weighted by atomic mass is 16.6. The van der Waals surface area contributed by atoms with Crippen molar-refractivity contribution in [3.8, 4) is 0 Å². The molecular formula is C14H13N3O4. The van der Waals surface area contributed by atoms with Gasteiger partial charge in [-0.1, -0.05) is 6.07 Å². The van der Waals surface area contributed by atoms with Crippen LogP contribution in [0.5, 0.6) is 0 Å². The van der Waals surface area contributed by atoms with Gasteiger partial charge in [0.05, 0.1) is 10.5 Å². The number of rotatable bonds is 5. The highest BCUT2D eigenvalue weighted by Crippen LogP contribution is 2.19. The second-order valence-corrected chi connectivity index (χ2v) is 4.52. The van der Waals surface area contributed by atoms with Crippen LogP contribution in [0.2, 0.25) is 0 Å². The molecule has 0 radical (unpaired) electrons. The van der Waals surface area contributed by atoms with E-state index in [4.69, 9.17) is 5.11 Å². The Morgan fingerprint density at radius 2 is 2.00 bits per heavy atom. The largest absolute Gasteiger partial charge is 0.388 e. The molecule has 7 nitrogen and oxygen atoms in total. The molecule has 0 atom stereocenters. The quantitative estimate of drug-likeness (QED) is 0.507. The number of aryl methyl sites for hydroxylation is 1. The maximum Gasteiger partial charge on any atom is 0.272 e. The molecule has 0 aliphatic carbocycles. The smallest absolute Gasteiger partial charge is 0.272 e. The van der Waals surface area contributed by atoms with Gasteiger partial charge in [-0.25, -0.2) is 9.97 Å². The molecule has 0 bridgehead atoms. The zero-order valence-electron chi connectivity index (χ0n) is 11.3. The standard InChI is InChI=1S/C14H13N3O4/c1-9-4-10(2-3-12(9)17(20)21)5-14-15-6-11(7-16-14)13(19)8-18/h2-4,6-7,18H,5,8H2,1H3. The Hall–Kier alpha value is -2.67. The number of aromatic nitrogens is 2. The second kappa shape index (κ2) is 6.19. The number of nitro benzene ring substituents is 1. The fourth-order valence-corrected chi connectivity index (χ4v) is 1.90. The van der Waals surface area contributed by atoms with Gasteiger partial charge in [0.2, 0.25) is 0 Å². The van der Waals surface area contributed by atoms with Gasteiger partial charge in [-0.05, 0) is 18.6 Å². The molecule has 0 unspecified atom stereocenters. The lowest BCUT2D eigenvalue weighted by molar-refractivity contribution is -0.385. The highest BCUT2D eigenvalue weighted by molar-refractivity contribution is 5.96. The third-order valence-corrected chi connectivity index (χ3v) is 2.99. The van der Waals surface area contributed by atoms with Gasteiger partial charge in [0, 0.05) is 30.4 Å². The predicted octanol–water partition coefficient (Wildman–Crippen LogP) is 1.46. The fourth-order valence-electron chi connectivity index (χ4n) is 1.90. The van der Waals surface area contributed by atoms with E-state index in [2.05, 4.69) is 9.97 Å². The average molecular weight is 287 g/mol. The first-order valence-electron chi connectivity index (χ1n) is 6.20. The van der Waals surface area contributed by atoms with Gasteiger partial charge in [-0.2, -0.15) is 0 Å². The third kappa shape index (κ3) is 3.46. The van der Waals surface area contributed by atoms with Crippen molar-refractivity contribution in [3.05, 3.63) is 63.2 Å². The van der Waals surface area contributed by atoms with Crippen LogP contribution in [-0.4, -0.2) is 32.4 Å². The van der Waals surface area contributed by atoms with Crippen molar-refractivity contribution < 1.29 is 14.8 Å². The summed E-state index contributed by atoms with van der Waals surface area (Å²) in [6.45, 7) is 1.09. The van der Waals surface area contributed by atoms with Crippen molar-refractivity contribution >= 4 is 11.5 Å². The zero-order chi connectivity index (χ0) is 15.4. The molecule has 21 heavy (non-hydrogen) atoms. The summed E-state index contributed by atoms with van der Waals surface area (Å²) >= 11 is 0. The predicted molar refractivity (Wildman–Crippen MR) is 74.1 cm³/mol. The van der Waals surface area contributed by atoms with Crippen LogP contribution in [0.4, 0.5) is 5.69 Å². The number of carbonyl (C=O) groups excluding carboxylic acids is 1. The van der Waals surface area contributed by atoms with Gasteiger partial charge in [0.1, 0.15) is 12.4 Å². The summed E-state index contributed by atoms with van der Waals surface area (Å²) in [6, 6.07) is 4.82. The highest BCUT2D eigenvalue weighted by Gasteiger charge is 2.11. The van der Waals surface area contributed by atoms with Crippen molar-refractivity contribution in [2.75, 3.05) is 6.61 Å². The Bertz CT molecular complexity index is 683. The van der Waals surface area contributed by atoms with Crippen LogP contribution in [-0.2, 0) is 6.42 Å². The minimum absolute atomic E-state index is 0.0727. The third-order valence-electron chi connectivity index (χ3n) is 2.99. The van der Waals surface area contributed by atoms with E-state index in [0.717, 1.165) is 5.56 Å². The van der Waals surface area contributed by atoms with Gasteiger partial charge in [-0.15, -0.1) is 0 Å². The van der Waals surface area contributed by atoms with E-state index in [-0.39, 0.29) is 11.3 Å². The molecule has 0 aliphatic heterocycles. The molecule has 0 amide bonds. The van der Waals surface area contributed by atoms with E-state index in [1.165, 1.54) is 18.5 Å². The molecule has 1 aromatic carbocycles. The lowest BCUT2D eigenvalue weighted by atomic mass is 10.1. The van der Waals surface area contributed by atoms with Crippen LogP contribution >= 0.6 is 0 Å². The summed E-state index contributed by atoms with van der Waals surface area (Å²) in [7, 11) is 0. The SMILES string of the molecule is Cc1cc(Cc2ncc(C(=O)CO)cn2)ccc1[N+](=O)[O-]. The first-order valence-corrected chi connectivity index (χ1v) is 6.20. The number of benzene rings is 1. The van der Waals surface area contributed by atoms with Crippen LogP contribution in [0, 0.1) is 17.0 Å². The molecule has 2 rings (SSSR count). The van der Waals surface area contributed by atoms with Crippen molar-refractivity contribution in [1.82, 2.24) is 9.97 Å². The maximum atomic E-state index is 11.2. The van der Waals surface area contributed by atoms with E-state index >= 15 is 0 Å². The summed E-state index contributed by atoms with van der Waals surface area (Å²) in [4.78, 5) is 29.7. The first kappa shape index (κ1) is 14.7. The van der Waals surface area contributed by atoms with Crippen molar-refractivity contribution in [2.24, 2.45) is 0 Å². The van der Waals surface area contributed by atoms with Gasteiger partial charge in [0.25, 0.3) is 5.69 Å². The number of hydrogen-bond donors (Lipinski definition) is 1. The number of aliphatic hydroxyl groups excluding tert-OH is 1. The lowest BCUT2D eigenvalue weighted by Crippen LogP contribution is -2.07. The number of nitro groups is 1. The second-order valence-electron chi connectivity index (χ2n) is 4.52. The summed E-state index contributed by atoms with van der Waals surface area (Å²) in [5, 5.41) is 19.5.